The molecule has 50 heavy (non-hydrogen) atoms. The quantitative estimate of drug-likeness (QED) is 0.203. The lowest BCUT2D eigenvalue weighted by Gasteiger charge is -2.24. The van der Waals surface area contributed by atoms with E-state index < -0.39 is 0 Å². The minimum absolute atomic E-state index is 0.310. The Morgan fingerprint density at radius 2 is 1.18 bits per heavy atom. The van der Waals surface area contributed by atoms with Gasteiger partial charge in [0.2, 0.25) is 0 Å². The fourth-order valence-corrected chi connectivity index (χ4v) is 7.40. The summed E-state index contributed by atoms with van der Waals surface area (Å²) in [5.74, 6) is 1.42. The van der Waals surface area contributed by atoms with Crippen molar-refractivity contribution in [3.05, 3.63) is 187 Å². The van der Waals surface area contributed by atoms with Crippen molar-refractivity contribution in [2.75, 3.05) is 0 Å². The summed E-state index contributed by atoms with van der Waals surface area (Å²) in [6, 6.07) is 59.1. The zero-order valence-electron chi connectivity index (χ0n) is 27.0. The first kappa shape index (κ1) is 28.3. The lowest BCUT2D eigenvalue weighted by molar-refractivity contribution is 0.666. The molecule has 0 fully saturated rings. The minimum atomic E-state index is -0.310. The Balaban J connectivity index is 1.27. The van der Waals surface area contributed by atoms with Crippen LogP contribution >= 0.6 is 0 Å². The van der Waals surface area contributed by atoms with Gasteiger partial charge in [-0.1, -0.05) is 140 Å². The predicted molar refractivity (Wildman–Crippen MR) is 205 cm³/mol. The topological polar surface area (TPSA) is 54.8 Å². The molecule has 1 atom stereocenters. The number of furan rings is 1. The Morgan fingerprint density at radius 1 is 0.520 bits per heavy atom. The van der Waals surface area contributed by atoms with Crippen LogP contribution in [0.15, 0.2) is 184 Å². The smallest absolute Gasteiger partial charge is 0.159 e. The van der Waals surface area contributed by atoms with Crippen LogP contribution in [-0.4, -0.2) is 16.2 Å². The lowest BCUT2D eigenvalue weighted by Crippen LogP contribution is -2.33. The number of benzene rings is 7. The average molecular weight is 643 g/mol. The van der Waals surface area contributed by atoms with Crippen LogP contribution in [0, 0.1) is 0 Å². The number of aliphatic imine (C=N–C) groups is 2. The monoisotopic (exact) mass is 642 g/mol. The molecule has 7 aromatic carbocycles. The first-order valence-corrected chi connectivity index (χ1v) is 16.9. The molecule has 0 bridgehead atoms. The van der Waals surface area contributed by atoms with E-state index in [2.05, 4.69) is 131 Å². The zero-order valence-corrected chi connectivity index (χ0v) is 27.0. The molecule has 5 heteroatoms. The van der Waals surface area contributed by atoms with Crippen molar-refractivity contribution < 1.29 is 4.42 Å². The Bertz CT molecular complexity index is 2780. The van der Waals surface area contributed by atoms with Crippen LogP contribution in [0.5, 0.6) is 0 Å². The molecule has 5 nitrogen and oxygen atoms in total. The molecule has 236 valence electrons. The maximum Gasteiger partial charge on any atom is 0.159 e. The van der Waals surface area contributed by atoms with E-state index in [1.807, 2.05) is 48.5 Å². The van der Waals surface area contributed by atoms with Crippen molar-refractivity contribution in [3.63, 3.8) is 0 Å². The van der Waals surface area contributed by atoms with E-state index in [0.29, 0.717) is 5.84 Å². The number of nitrogens with zero attached hydrogens (tertiary/aromatic N) is 3. The number of fused-ring (bicyclic) bond motifs is 6. The van der Waals surface area contributed by atoms with E-state index in [0.717, 1.165) is 61.2 Å². The van der Waals surface area contributed by atoms with Crippen LogP contribution < -0.4 is 5.32 Å². The highest BCUT2D eigenvalue weighted by Gasteiger charge is 2.25. The van der Waals surface area contributed by atoms with Gasteiger partial charge in [-0.25, -0.2) is 9.98 Å². The van der Waals surface area contributed by atoms with Crippen molar-refractivity contribution in [2.45, 2.75) is 6.17 Å². The highest BCUT2D eigenvalue weighted by Crippen LogP contribution is 2.42. The number of amidine groups is 2. The van der Waals surface area contributed by atoms with E-state index in [1.54, 1.807) is 0 Å². The summed E-state index contributed by atoms with van der Waals surface area (Å²) in [6.45, 7) is 0. The molecular formula is C45H30N4O. The number of rotatable bonds is 5. The molecule has 2 aromatic heterocycles. The van der Waals surface area contributed by atoms with Crippen molar-refractivity contribution in [2.24, 2.45) is 9.98 Å². The summed E-state index contributed by atoms with van der Waals surface area (Å²) in [7, 11) is 0. The van der Waals surface area contributed by atoms with Crippen LogP contribution in [0.3, 0.4) is 0 Å². The molecule has 0 aliphatic carbocycles. The maximum atomic E-state index is 6.64. The molecule has 0 saturated heterocycles. The fourth-order valence-electron chi connectivity index (χ4n) is 7.40. The molecule has 0 radical (unpaired) electrons. The van der Waals surface area contributed by atoms with Gasteiger partial charge in [0.25, 0.3) is 0 Å². The molecule has 1 aliphatic heterocycles. The average Bonchev–Trinajstić information content (AvgIpc) is 3.74. The summed E-state index contributed by atoms with van der Waals surface area (Å²) in [4.78, 5) is 10.2. The minimum Gasteiger partial charge on any atom is -0.456 e. The molecule has 1 aliphatic rings. The van der Waals surface area contributed by atoms with Gasteiger partial charge in [-0.15, -0.1) is 0 Å². The second-order valence-electron chi connectivity index (χ2n) is 12.6. The second-order valence-corrected chi connectivity index (χ2v) is 12.6. The fraction of sp³-hybridized carbons (Fsp3) is 0.0222. The number of nitrogens with one attached hydrogen (secondary N) is 1. The summed E-state index contributed by atoms with van der Waals surface area (Å²) in [5, 5.41) is 8.22. The highest BCUT2D eigenvalue weighted by molar-refractivity contribution is 6.20. The molecule has 0 amide bonds. The third-order valence-electron chi connectivity index (χ3n) is 9.64. The lowest BCUT2D eigenvalue weighted by atomic mass is 9.99. The molecule has 0 saturated carbocycles. The number of aromatic nitrogens is 1. The Hall–Kier alpha value is -6.72. The largest absolute Gasteiger partial charge is 0.456 e. The molecular weight excluding hydrogens is 613 g/mol. The van der Waals surface area contributed by atoms with Crippen LogP contribution in [0.25, 0.3) is 60.6 Å². The van der Waals surface area contributed by atoms with Crippen molar-refractivity contribution in [3.8, 4) is 16.8 Å². The van der Waals surface area contributed by atoms with Crippen molar-refractivity contribution in [1.29, 1.82) is 0 Å². The Labute approximate surface area is 288 Å². The van der Waals surface area contributed by atoms with Gasteiger partial charge < -0.3 is 14.3 Å². The van der Waals surface area contributed by atoms with Gasteiger partial charge >= 0.3 is 0 Å². The third kappa shape index (κ3) is 4.55. The van der Waals surface area contributed by atoms with Gasteiger partial charge in [-0.05, 0) is 47.0 Å². The van der Waals surface area contributed by atoms with Crippen LogP contribution in [-0.2, 0) is 0 Å². The molecule has 3 heterocycles. The van der Waals surface area contributed by atoms with Crippen LogP contribution in [0.2, 0.25) is 0 Å². The van der Waals surface area contributed by atoms with E-state index in [-0.39, 0.29) is 6.17 Å². The molecule has 1 unspecified atom stereocenters. The predicted octanol–water partition coefficient (Wildman–Crippen LogP) is 10.8. The molecule has 1 N–H and O–H groups in total. The van der Waals surface area contributed by atoms with Gasteiger partial charge in [-0.3, -0.25) is 0 Å². The maximum absolute atomic E-state index is 6.64. The first-order chi connectivity index (χ1) is 24.8. The summed E-state index contributed by atoms with van der Waals surface area (Å²) in [6.07, 6.45) is -0.310. The standard InChI is InChI=1S/C45H30N4O/c1-4-15-29(16-5-1)33-23-14-25-37-41(33)34-21-10-12-24-36(34)49(37)38-27-32(28-40-42(38)35-22-11-13-26-39(35)50-40)45-47-43(30-17-6-2-7-18-30)46-44(48-45)31-19-8-3-9-20-31/h1-28,43H,(H,46,47,48). The number of hydrogen-bond acceptors (Lipinski definition) is 4. The van der Waals surface area contributed by atoms with Gasteiger partial charge in [0.1, 0.15) is 23.2 Å². The van der Waals surface area contributed by atoms with Crippen molar-refractivity contribution in [1.82, 2.24) is 9.88 Å². The highest BCUT2D eigenvalue weighted by atomic mass is 16.3. The second kappa shape index (κ2) is 11.5. The summed E-state index contributed by atoms with van der Waals surface area (Å²) < 4.78 is 9.03. The molecule has 9 aromatic rings. The van der Waals surface area contributed by atoms with Crippen LogP contribution in [0.1, 0.15) is 22.9 Å². The van der Waals surface area contributed by atoms with Crippen LogP contribution in [0.4, 0.5) is 0 Å². The molecule has 10 rings (SSSR count). The zero-order chi connectivity index (χ0) is 33.0. The van der Waals surface area contributed by atoms with Gasteiger partial charge in [0.05, 0.1) is 22.1 Å². The third-order valence-corrected chi connectivity index (χ3v) is 9.64. The van der Waals surface area contributed by atoms with E-state index in [9.17, 15) is 0 Å². The van der Waals surface area contributed by atoms with Gasteiger partial charge in [0, 0.05) is 27.3 Å². The van der Waals surface area contributed by atoms with E-state index in [4.69, 9.17) is 14.4 Å². The normalized spacial score (nSPS) is 14.6. The molecule has 0 spiro atoms. The first-order valence-electron chi connectivity index (χ1n) is 16.9. The number of para-hydroxylation sites is 2. The SMILES string of the molecule is c1ccc(C2=NC(c3ccccc3)NC(c3cc(-n4c5ccccc5c5c(-c6ccccc6)cccc54)c4c(c3)oc3ccccc34)=N2)cc1. The van der Waals surface area contributed by atoms with Crippen molar-refractivity contribution >= 4 is 55.4 Å². The Morgan fingerprint density at radius 3 is 1.98 bits per heavy atom. The van der Waals surface area contributed by atoms with E-state index >= 15 is 0 Å². The Kier molecular flexibility index (Phi) is 6.49. The van der Waals surface area contributed by atoms with Gasteiger partial charge in [0.15, 0.2) is 5.84 Å². The summed E-state index contributed by atoms with van der Waals surface area (Å²) >= 11 is 0. The van der Waals surface area contributed by atoms with Gasteiger partial charge in [-0.2, -0.15) is 0 Å². The summed E-state index contributed by atoms with van der Waals surface area (Å²) in [5.41, 5.74) is 10.3. The number of hydrogen-bond donors (Lipinski definition) is 1. The van der Waals surface area contributed by atoms with E-state index in [1.165, 1.54) is 21.9 Å².